The van der Waals surface area contributed by atoms with Crippen LogP contribution in [0.1, 0.15) is 71.6 Å². The van der Waals surface area contributed by atoms with Gasteiger partial charge in [0.1, 0.15) is 16.5 Å². The van der Waals surface area contributed by atoms with Gasteiger partial charge in [0.25, 0.3) is 0 Å². The first-order valence-electron chi connectivity index (χ1n) is 10.5. The van der Waals surface area contributed by atoms with E-state index in [0.717, 1.165) is 37.7 Å². The van der Waals surface area contributed by atoms with E-state index in [-0.39, 0.29) is 11.5 Å². The van der Waals surface area contributed by atoms with Gasteiger partial charge in [0.15, 0.2) is 5.78 Å². The lowest BCUT2D eigenvalue weighted by molar-refractivity contribution is 0.0978. The standard InChI is InChI=1S/C25H30N2O2S/c1-3-6-20(15-17(2)28)25-27-23(16-30-25)24(29)14-11-18-7-4-5-8-22(18)19-9-12-21(26)13-10-19/h3-8,15-16,19,21,28H,2,9-14,26H2,1H3/b6-3-,20-15+. The van der Waals surface area contributed by atoms with Crippen molar-refractivity contribution in [1.29, 1.82) is 0 Å². The monoisotopic (exact) mass is 422 g/mol. The Balaban J connectivity index is 1.68. The van der Waals surface area contributed by atoms with Gasteiger partial charge in [-0.2, -0.15) is 0 Å². The van der Waals surface area contributed by atoms with Crippen molar-refractivity contribution in [2.75, 3.05) is 0 Å². The molecule has 1 aromatic heterocycles. The predicted octanol–water partition coefficient (Wildman–Crippen LogP) is 5.97. The van der Waals surface area contributed by atoms with Gasteiger partial charge in [-0.05, 0) is 62.1 Å². The summed E-state index contributed by atoms with van der Waals surface area (Å²) in [5.41, 5.74) is 9.92. The smallest absolute Gasteiger partial charge is 0.182 e. The highest BCUT2D eigenvalue weighted by atomic mass is 32.1. The summed E-state index contributed by atoms with van der Waals surface area (Å²) in [4.78, 5) is 17.3. The number of hydrogen-bond acceptors (Lipinski definition) is 5. The molecule has 0 saturated heterocycles. The van der Waals surface area contributed by atoms with Crippen LogP contribution in [-0.2, 0) is 6.42 Å². The lowest BCUT2D eigenvalue weighted by Crippen LogP contribution is -2.26. The van der Waals surface area contributed by atoms with Crippen molar-refractivity contribution in [2.45, 2.75) is 57.4 Å². The van der Waals surface area contributed by atoms with E-state index in [1.165, 1.54) is 22.5 Å². The average molecular weight is 423 g/mol. The first-order chi connectivity index (χ1) is 14.5. The molecule has 0 unspecified atom stereocenters. The van der Waals surface area contributed by atoms with Crippen LogP contribution in [0.25, 0.3) is 5.57 Å². The first-order valence-corrected chi connectivity index (χ1v) is 11.4. The summed E-state index contributed by atoms with van der Waals surface area (Å²) in [7, 11) is 0. The second-order valence-corrected chi connectivity index (χ2v) is 8.72. The molecule has 3 rings (SSSR count). The number of aliphatic hydroxyl groups excluding tert-OH is 1. The summed E-state index contributed by atoms with van der Waals surface area (Å²) in [6.07, 6.45) is 10.8. The molecule has 0 spiro atoms. The maximum absolute atomic E-state index is 12.8. The van der Waals surface area contributed by atoms with E-state index in [1.807, 2.05) is 19.1 Å². The van der Waals surface area contributed by atoms with Crippen molar-refractivity contribution in [3.8, 4) is 0 Å². The minimum atomic E-state index is -0.0357. The highest BCUT2D eigenvalue weighted by Gasteiger charge is 2.22. The van der Waals surface area contributed by atoms with Gasteiger partial charge in [-0.15, -0.1) is 11.3 Å². The van der Waals surface area contributed by atoms with Crippen molar-refractivity contribution < 1.29 is 9.90 Å². The lowest BCUT2D eigenvalue weighted by atomic mass is 9.79. The number of benzene rings is 1. The fraction of sp³-hybridized carbons (Fsp3) is 0.360. The van der Waals surface area contributed by atoms with E-state index in [0.29, 0.717) is 29.1 Å². The van der Waals surface area contributed by atoms with Gasteiger partial charge in [0.2, 0.25) is 0 Å². The van der Waals surface area contributed by atoms with E-state index in [9.17, 15) is 9.90 Å². The SMILES string of the molecule is C=C(O)/C=C(\C=C/C)c1nc(C(=O)CCc2ccccc2C2CCC(N)CC2)cs1. The summed E-state index contributed by atoms with van der Waals surface area (Å²) in [6.45, 7) is 5.40. The molecule has 4 nitrogen and oxygen atoms in total. The summed E-state index contributed by atoms with van der Waals surface area (Å²) in [5.74, 6) is 0.550. The molecule has 0 atom stereocenters. The Hall–Kier alpha value is -2.50. The summed E-state index contributed by atoms with van der Waals surface area (Å²) >= 11 is 1.40. The Bertz CT molecular complexity index is 950. The largest absolute Gasteiger partial charge is 0.509 e. The number of Topliss-reactive ketones (excluding diaryl/α,β-unsaturated/α-hetero) is 1. The summed E-state index contributed by atoms with van der Waals surface area (Å²) < 4.78 is 0. The van der Waals surface area contributed by atoms with Gasteiger partial charge in [0, 0.05) is 23.4 Å². The number of ketones is 1. The number of aromatic nitrogens is 1. The van der Waals surface area contributed by atoms with Crippen LogP contribution in [0.4, 0.5) is 0 Å². The average Bonchev–Trinajstić information content (AvgIpc) is 3.23. The van der Waals surface area contributed by atoms with Crippen molar-refractivity contribution in [2.24, 2.45) is 5.73 Å². The molecule has 0 amide bonds. The van der Waals surface area contributed by atoms with E-state index >= 15 is 0 Å². The topological polar surface area (TPSA) is 76.2 Å². The van der Waals surface area contributed by atoms with Crippen molar-refractivity contribution >= 4 is 22.7 Å². The molecule has 0 bridgehead atoms. The van der Waals surface area contributed by atoms with E-state index < -0.39 is 0 Å². The third-order valence-corrected chi connectivity index (χ3v) is 6.48. The zero-order valence-electron chi connectivity index (χ0n) is 17.5. The van der Waals surface area contributed by atoms with Crippen LogP contribution in [0.3, 0.4) is 0 Å². The molecule has 1 saturated carbocycles. The van der Waals surface area contributed by atoms with Crippen LogP contribution in [0.5, 0.6) is 0 Å². The number of carbonyl (C=O) groups is 1. The van der Waals surface area contributed by atoms with Crippen LogP contribution in [0, 0.1) is 0 Å². The molecule has 158 valence electrons. The highest BCUT2D eigenvalue weighted by molar-refractivity contribution is 7.11. The van der Waals surface area contributed by atoms with E-state index in [2.05, 4.69) is 35.8 Å². The maximum Gasteiger partial charge on any atom is 0.182 e. The Kier molecular flexibility index (Phi) is 7.77. The van der Waals surface area contributed by atoms with Crippen LogP contribution in [0.2, 0.25) is 0 Å². The molecule has 30 heavy (non-hydrogen) atoms. The quantitative estimate of drug-likeness (QED) is 0.312. The molecule has 5 heteroatoms. The Morgan fingerprint density at radius 1 is 1.30 bits per heavy atom. The van der Waals surface area contributed by atoms with Gasteiger partial charge >= 0.3 is 0 Å². The van der Waals surface area contributed by atoms with Gasteiger partial charge < -0.3 is 10.8 Å². The van der Waals surface area contributed by atoms with Gasteiger partial charge in [0.05, 0.1) is 0 Å². The summed E-state index contributed by atoms with van der Waals surface area (Å²) in [5, 5.41) is 12.0. The van der Waals surface area contributed by atoms with E-state index in [1.54, 1.807) is 11.5 Å². The lowest BCUT2D eigenvalue weighted by Gasteiger charge is -2.28. The molecular weight excluding hydrogens is 392 g/mol. The normalized spacial score (nSPS) is 19.9. The molecular formula is C25H30N2O2S. The van der Waals surface area contributed by atoms with Crippen molar-refractivity contribution in [3.05, 3.63) is 82.0 Å². The number of nitrogens with zero attached hydrogens (tertiary/aromatic N) is 1. The number of allylic oxidation sites excluding steroid dienone is 4. The van der Waals surface area contributed by atoms with Crippen LogP contribution in [-0.4, -0.2) is 21.9 Å². The Morgan fingerprint density at radius 3 is 2.73 bits per heavy atom. The second kappa shape index (κ2) is 10.5. The fourth-order valence-electron chi connectivity index (χ4n) is 4.04. The minimum absolute atomic E-state index is 0.0357. The molecule has 1 fully saturated rings. The molecule has 2 aromatic rings. The third-order valence-electron chi connectivity index (χ3n) is 5.59. The molecule has 1 aliphatic carbocycles. The van der Waals surface area contributed by atoms with Crippen LogP contribution in [0.15, 0.2) is 60.2 Å². The predicted molar refractivity (Wildman–Crippen MR) is 125 cm³/mol. The zero-order chi connectivity index (χ0) is 21.5. The molecule has 3 N–H and O–H groups in total. The van der Waals surface area contributed by atoms with Crippen LogP contribution < -0.4 is 5.73 Å². The number of aliphatic hydroxyl groups is 1. The minimum Gasteiger partial charge on any atom is -0.509 e. The second-order valence-electron chi connectivity index (χ2n) is 7.86. The number of aryl methyl sites for hydroxylation is 1. The number of thiazole rings is 1. The number of carbonyl (C=O) groups excluding carboxylic acids is 1. The van der Waals surface area contributed by atoms with E-state index in [4.69, 9.17) is 5.73 Å². The molecule has 1 heterocycles. The molecule has 1 aromatic carbocycles. The first kappa shape index (κ1) is 22.2. The summed E-state index contributed by atoms with van der Waals surface area (Å²) in [6, 6.07) is 8.82. The highest BCUT2D eigenvalue weighted by Crippen LogP contribution is 2.34. The van der Waals surface area contributed by atoms with Gasteiger partial charge in [-0.3, -0.25) is 4.79 Å². The van der Waals surface area contributed by atoms with Gasteiger partial charge in [-0.25, -0.2) is 4.98 Å². The number of rotatable bonds is 8. The third kappa shape index (κ3) is 5.77. The zero-order valence-corrected chi connectivity index (χ0v) is 18.3. The maximum atomic E-state index is 12.8. The Morgan fingerprint density at radius 2 is 2.03 bits per heavy atom. The van der Waals surface area contributed by atoms with Crippen molar-refractivity contribution in [3.63, 3.8) is 0 Å². The molecule has 0 radical (unpaired) electrons. The Labute approximate surface area is 182 Å². The van der Waals surface area contributed by atoms with Gasteiger partial charge in [-0.1, -0.05) is 43.0 Å². The van der Waals surface area contributed by atoms with Crippen LogP contribution >= 0.6 is 11.3 Å². The number of hydrogen-bond donors (Lipinski definition) is 2. The molecule has 1 aliphatic rings. The van der Waals surface area contributed by atoms with Crippen molar-refractivity contribution in [1.82, 2.24) is 4.98 Å². The molecule has 0 aliphatic heterocycles. The fourth-order valence-corrected chi connectivity index (χ4v) is 4.86. The number of nitrogens with two attached hydrogens (primary N) is 1.